The maximum Gasteiger partial charge on any atom is 0.222 e. The largest absolute Gasteiger partial charge is 0.344 e. The van der Waals surface area contributed by atoms with E-state index in [9.17, 15) is 4.79 Å². The van der Waals surface area contributed by atoms with Gasteiger partial charge in [0.2, 0.25) is 5.91 Å². The van der Waals surface area contributed by atoms with Gasteiger partial charge in [-0.05, 0) is 51.7 Å². The van der Waals surface area contributed by atoms with E-state index in [0.29, 0.717) is 18.4 Å². The lowest BCUT2D eigenvalue weighted by molar-refractivity contribution is -0.130. The molecule has 0 aromatic rings. The fourth-order valence-electron chi connectivity index (χ4n) is 3.08. The highest BCUT2D eigenvalue weighted by Gasteiger charge is 2.17. The molecule has 2 fully saturated rings. The number of hydrogen-bond acceptors (Lipinski definition) is 3. The van der Waals surface area contributed by atoms with Gasteiger partial charge in [-0.1, -0.05) is 6.42 Å². The normalized spacial score (nSPS) is 24.6. The lowest BCUT2D eigenvalue weighted by Gasteiger charge is -2.25. The first-order valence-corrected chi connectivity index (χ1v) is 7.95. The number of hydrogen-bond donors (Lipinski definition) is 1. The Morgan fingerprint density at radius 1 is 1.26 bits per heavy atom. The smallest absolute Gasteiger partial charge is 0.222 e. The van der Waals surface area contributed by atoms with Crippen molar-refractivity contribution >= 4 is 5.91 Å². The average Bonchev–Trinajstić information content (AvgIpc) is 2.96. The number of carbonyl (C=O) groups is 1. The van der Waals surface area contributed by atoms with Crippen LogP contribution in [-0.4, -0.2) is 61.5 Å². The Labute approximate surface area is 117 Å². The minimum Gasteiger partial charge on any atom is -0.344 e. The molecule has 1 amide bonds. The molecule has 0 spiro atoms. The third-order valence-corrected chi connectivity index (χ3v) is 4.50. The summed E-state index contributed by atoms with van der Waals surface area (Å²) < 4.78 is 0. The molecule has 2 aliphatic rings. The van der Waals surface area contributed by atoms with E-state index in [1.54, 1.807) is 0 Å². The van der Waals surface area contributed by atoms with Gasteiger partial charge in [0, 0.05) is 32.6 Å². The van der Waals surface area contributed by atoms with Crippen LogP contribution in [-0.2, 0) is 4.79 Å². The number of rotatable bonds is 6. The first-order valence-electron chi connectivity index (χ1n) is 7.95. The highest BCUT2D eigenvalue weighted by molar-refractivity contribution is 5.75. The second-order valence-corrected chi connectivity index (χ2v) is 6.05. The van der Waals surface area contributed by atoms with E-state index in [1.807, 2.05) is 11.9 Å². The fourth-order valence-corrected chi connectivity index (χ4v) is 3.08. The number of amides is 1. The van der Waals surface area contributed by atoms with Gasteiger partial charge < -0.3 is 15.1 Å². The van der Waals surface area contributed by atoms with E-state index >= 15 is 0 Å². The summed E-state index contributed by atoms with van der Waals surface area (Å²) in [6.07, 6.45) is 8.21. The van der Waals surface area contributed by atoms with Crippen LogP contribution in [0.5, 0.6) is 0 Å². The van der Waals surface area contributed by atoms with Crippen molar-refractivity contribution in [3.63, 3.8) is 0 Å². The van der Waals surface area contributed by atoms with Gasteiger partial charge in [-0.25, -0.2) is 0 Å². The Morgan fingerprint density at radius 3 is 2.74 bits per heavy atom. The zero-order valence-electron chi connectivity index (χ0n) is 12.4. The summed E-state index contributed by atoms with van der Waals surface area (Å²) in [7, 11) is 1.95. The molecule has 0 bridgehead atoms. The highest BCUT2D eigenvalue weighted by atomic mass is 16.2. The fraction of sp³-hybridized carbons (Fsp3) is 0.933. The van der Waals surface area contributed by atoms with Crippen LogP contribution < -0.4 is 5.32 Å². The molecule has 1 unspecified atom stereocenters. The Morgan fingerprint density at radius 2 is 2.05 bits per heavy atom. The van der Waals surface area contributed by atoms with E-state index in [2.05, 4.69) is 10.2 Å². The van der Waals surface area contributed by atoms with Gasteiger partial charge in [-0.3, -0.25) is 4.79 Å². The van der Waals surface area contributed by atoms with Gasteiger partial charge in [0.25, 0.3) is 0 Å². The molecule has 19 heavy (non-hydrogen) atoms. The summed E-state index contributed by atoms with van der Waals surface area (Å²) in [6, 6.07) is 0.574. The third-order valence-electron chi connectivity index (χ3n) is 4.50. The second-order valence-electron chi connectivity index (χ2n) is 6.05. The molecule has 2 saturated heterocycles. The highest BCUT2D eigenvalue weighted by Crippen LogP contribution is 2.12. The van der Waals surface area contributed by atoms with Crippen molar-refractivity contribution < 1.29 is 4.79 Å². The molecule has 0 saturated carbocycles. The van der Waals surface area contributed by atoms with Crippen LogP contribution >= 0.6 is 0 Å². The number of piperidine rings is 1. The average molecular weight is 267 g/mol. The Balaban J connectivity index is 1.58. The quantitative estimate of drug-likeness (QED) is 0.791. The lowest BCUT2D eigenvalue weighted by atomic mass is 10.0. The summed E-state index contributed by atoms with van der Waals surface area (Å²) in [5.74, 6) is 0.312. The summed E-state index contributed by atoms with van der Waals surface area (Å²) in [5.41, 5.74) is 0. The molecule has 2 rings (SSSR count). The molecule has 4 heteroatoms. The maximum absolute atomic E-state index is 12.1. The molecule has 0 aliphatic carbocycles. The Kier molecular flexibility index (Phi) is 6.11. The van der Waals surface area contributed by atoms with E-state index in [0.717, 1.165) is 26.1 Å². The van der Waals surface area contributed by atoms with Crippen molar-refractivity contribution in [2.75, 3.05) is 39.8 Å². The van der Waals surface area contributed by atoms with Crippen LogP contribution in [0.25, 0.3) is 0 Å². The number of carbonyl (C=O) groups excluding carboxylic acids is 1. The molecule has 2 heterocycles. The zero-order chi connectivity index (χ0) is 13.5. The number of nitrogens with one attached hydrogen (secondary N) is 1. The van der Waals surface area contributed by atoms with Crippen molar-refractivity contribution in [1.82, 2.24) is 15.1 Å². The van der Waals surface area contributed by atoms with Crippen LogP contribution in [0.3, 0.4) is 0 Å². The molecule has 0 radical (unpaired) electrons. The molecule has 4 nitrogen and oxygen atoms in total. The topological polar surface area (TPSA) is 35.6 Å². The molecule has 1 atom stereocenters. The minimum absolute atomic E-state index is 0.312. The SMILES string of the molecule is CN(CCN1CCCC1)C(=O)CCC1CCCCN1. The van der Waals surface area contributed by atoms with Crippen LogP contribution in [0.4, 0.5) is 0 Å². The van der Waals surface area contributed by atoms with E-state index in [-0.39, 0.29) is 0 Å². The summed E-state index contributed by atoms with van der Waals surface area (Å²) in [6.45, 7) is 5.49. The Bertz CT molecular complexity index is 271. The summed E-state index contributed by atoms with van der Waals surface area (Å²) in [4.78, 5) is 16.5. The van der Waals surface area contributed by atoms with Gasteiger partial charge in [-0.15, -0.1) is 0 Å². The van der Waals surface area contributed by atoms with Gasteiger partial charge in [0.1, 0.15) is 0 Å². The zero-order valence-corrected chi connectivity index (χ0v) is 12.4. The summed E-state index contributed by atoms with van der Waals surface area (Å²) >= 11 is 0. The van der Waals surface area contributed by atoms with Crippen molar-refractivity contribution in [3.05, 3.63) is 0 Å². The van der Waals surface area contributed by atoms with Crippen LogP contribution in [0, 0.1) is 0 Å². The Hall–Kier alpha value is -0.610. The van der Waals surface area contributed by atoms with Gasteiger partial charge in [0.15, 0.2) is 0 Å². The standard InChI is InChI=1S/C15H29N3O/c1-17(12-13-18-10-4-5-11-18)15(19)8-7-14-6-2-3-9-16-14/h14,16H,2-13H2,1H3. The van der Waals surface area contributed by atoms with Crippen molar-refractivity contribution in [1.29, 1.82) is 0 Å². The van der Waals surface area contributed by atoms with Crippen molar-refractivity contribution in [3.8, 4) is 0 Å². The van der Waals surface area contributed by atoms with Gasteiger partial charge >= 0.3 is 0 Å². The molecule has 2 aliphatic heterocycles. The summed E-state index contributed by atoms with van der Waals surface area (Å²) in [5, 5.41) is 3.51. The third kappa shape index (κ3) is 5.11. The molecule has 0 aromatic carbocycles. The predicted molar refractivity (Wildman–Crippen MR) is 78.2 cm³/mol. The van der Waals surface area contributed by atoms with Crippen LogP contribution in [0.2, 0.25) is 0 Å². The molecule has 0 aromatic heterocycles. The number of nitrogens with zero attached hydrogens (tertiary/aromatic N) is 2. The molecule has 110 valence electrons. The maximum atomic E-state index is 12.1. The van der Waals surface area contributed by atoms with E-state index in [1.165, 1.54) is 45.2 Å². The molecular weight excluding hydrogens is 238 g/mol. The van der Waals surface area contributed by atoms with Gasteiger partial charge in [0.05, 0.1) is 0 Å². The molecule has 1 N–H and O–H groups in total. The molecular formula is C15H29N3O. The van der Waals surface area contributed by atoms with Gasteiger partial charge in [-0.2, -0.15) is 0 Å². The van der Waals surface area contributed by atoms with Crippen LogP contribution in [0.1, 0.15) is 44.9 Å². The predicted octanol–water partition coefficient (Wildman–Crippen LogP) is 1.46. The number of likely N-dealkylation sites (N-methyl/N-ethyl adjacent to an activating group) is 1. The first kappa shape index (κ1) is 14.8. The van der Waals surface area contributed by atoms with Crippen molar-refractivity contribution in [2.24, 2.45) is 0 Å². The van der Waals surface area contributed by atoms with Crippen molar-refractivity contribution in [2.45, 2.75) is 51.0 Å². The lowest BCUT2D eigenvalue weighted by Crippen LogP contribution is -2.37. The van der Waals surface area contributed by atoms with Crippen LogP contribution in [0.15, 0.2) is 0 Å². The monoisotopic (exact) mass is 267 g/mol. The minimum atomic E-state index is 0.312. The number of likely N-dealkylation sites (tertiary alicyclic amines) is 1. The first-order chi connectivity index (χ1) is 9.25. The van der Waals surface area contributed by atoms with E-state index in [4.69, 9.17) is 0 Å². The second kappa shape index (κ2) is 7.85. The van der Waals surface area contributed by atoms with E-state index < -0.39 is 0 Å².